The third-order valence-corrected chi connectivity index (χ3v) is 10.3. The van der Waals surface area contributed by atoms with Crippen LogP contribution in [0.2, 0.25) is 0 Å². The van der Waals surface area contributed by atoms with Gasteiger partial charge < -0.3 is 4.57 Å². The Morgan fingerprint density at radius 3 is 1.89 bits per heavy atom. The van der Waals surface area contributed by atoms with Crippen LogP contribution in [-0.4, -0.2) is 5.66 Å². The molecule has 0 radical (unpaired) electrons. The van der Waals surface area contributed by atoms with E-state index in [1.54, 1.807) is 0 Å². The fourth-order valence-electron chi connectivity index (χ4n) is 5.26. The first-order valence-corrected chi connectivity index (χ1v) is 12.0. The van der Waals surface area contributed by atoms with E-state index in [4.69, 9.17) is 0 Å². The van der Waals surface area contributed by atoms with E-state index in [1.165, 1.54) is 16.7 Å². The molecule has 28 heavy (non-hydrogen) atoms. The van der Waals surface area contributed by atoms with Crippen molar-refractivity contribution >= 4 is 23.3 Å². The number of hydrogen-bond acceptors (Lipinski definition) is 1. The first-order valence-electron chi connectivity index (χ1n) is 10.2. The number of allylic oxidation sites excluding steroid dienone is 2. The van der Waals surface area contributed by atoms with Crippen molar-refractivity contribution < 1.29 is 4.57 Å². The Bertz CT molecular complexity index is 1010. The van der Waals surface area contributed by atoms with Gasteiger partial charge in [0.2, 0.25) is 0 Å². The minimum atomic E-state index is -2.74. The average molecular weight is 384 g/mol. The Morgan fingerprint density at radius 2 is 1.32 bits per heavy atom. The lowest BCUT2D eigenvalue weighted by Crippen LogP contribution is -2.29. The summed E-state index contributed by atoms with van der Waals surface area (Å²) < 4.78 is 14.9. The van der Waals surface area contributed by atoms with Crippen molar-refractivity contribution in [2.24, 2.45) is 11.8 Å². The molecule has 0 spiro atoms. The van der Waals surface area contributed by atoms with Gasteiger partial charge in [-0.15, -0.1) is 0 Å². The predicted molar refractivity (Wildman–Crippen MR) is 119 cm³/mol. The van der Waals surface area contributed by atoms with Gasteiger partial charge in [0.15, 0.2) is 0 Å². The molecule has 3 aromatic carbocycles. The molecule has 2 aliphatic carbocycles. The van der Waals surface area contributed by atoms with Gasteiger partial charge in [0.25, 0.3) is 0 Å². The van der Waals surface area contributed by atoms with Gasteiger partial charge in [-0.05, 0) is 42.7 Å². The zero-order chi connectivity index (χ0) is 19.1. The van der Waals surface area contributed by atoms with Crippen LogP contribution < -0.4 is 10.6 Å². The van der Waals surface area contributed by atoms with E-state index >= 15 is 0 Å². The molecule has 1 fully saturated rings. The zero-order valence-corrected chi connectivity index (χ0v) is 17.1. The Morgan fingerprint density at radius 1 is 0.750 bits per heavy atom. The fourth-order valence-corrected chi connectivity index (χ4v) is 9.07. The van der Waals surface area contributed by atoms with Crippen molar-refractivity contribution in [3.8, 4) is 0 Å². The maximum Gasteiger partial charge on any atom is 0.147 e. The van der Waals surface area contributed by atoms with Gasteiger partial charge >= 0.3 is 0 Å². The third kappa shape index (κ3) is 2.73. The molecular formula is C26H25OP. The molecule has 3 atom stereocenters. The van der Waals surface area contributed by atoms with Gasteiger partial charge in [-0.3, -0.25) is 0 Å². The van der Waals surface area contributed by atoms with E-state index in [1.807, 2.05) is 36.4 Å². The standard InChI is InChI=1S/C26H25OP/c1-19-12-14-20(15-13-19)25-18-21-16-17-24(25)26(21)28(27,22-8-4-2-5-9-22)23-10-6-3-7-11-23/h2-15,18,21,24,26H,16-17H2,1H3. The minimum Gasteiger partial charge on any atom is -0.313 e. The van der Waals surface area contributed by atoms with Crippen LogP contribution in [0.15, 0.2) is 91.0 Å². The molecule has 0 aliphatic heterocycles. The molecule has 5 rings (SSSR count). The van der Waals surface area contributed by atoms with Crippen molar-refractivity contribution in [2.45, 2.75) is 25.4 Å². The molecule has 0 saturated heterocycles. The molecule has 3 unspecified atom stereocenters. The molecule has 0 heterocycles. The maximum absolute atomic E-state index is 14.9. The molecule has 0 amide bonds. The van der Waals surface area contributed by atoms with Gasteiger partial charge in [0.05, 0.1) is 0 Å². The van der Waals surface area contributed by atoms with Crippen LogP contribution in [-0.2, 0) is 4.57 Å². The Hall–Kier alpha value is -2.37. The van der Waals surface area contributed by atoms with Crippen LogP contribution in [0.5, 0.6) is 0 Å². The van der Waals surface area contributed by atoms with E-state index in [9.17, 15) is 4.57 Å². The quantitative estimate of drug-likeness (QED) is 0.520. The number of benzene rings is 3. The fraction of sp³-hybridized carbons (Fsp3) is 0.231. The van der Waals surface area contributed by atoms with E-state index in [0.29, 0.717) is 11.8 Å². The Balaban J connectivity index is 1.62. The van der Waals surface area contributed by atoms with E-state index in [2.05, 4.69) is 61.5 Å². The van der Waals surface area contributed by atoms with Gasteiger partial charge in [-0.2, -0.15) is 0 Å². The highest BCUT2D eigenvalue weighted by molar-refractivity contribution is 7.79. The van der Waals surface area contributed by atoms with Crippen LogP contribution in [0, 0.1) is 18.8 Å². The van der Waals surface area contributed by atoms with Crippen molar-refractivity contribution in [1.82, 2.24) is 0 Å². The third-order valence-electron chi connectivity index (χ3n) is 6.54. The predicted octanol–water partition coefficient (Wildman–Crippen LogP) is 5.80. The topological polar surface area (TPSA) is 17.1 Å². The molecule has 3 aromatic rings. The minimum absolute atomic E-state index is 0.175. The molecule has 140 valence electrons. The van der Waals surface area contributed by atoms with Gasteiger partial charge in [-0.25, -0.2) is 0 Å². The smallest absolute Gasteiger partial charge is 0.147 e. The van der Waals surface area contributed by atoms with Crippen molar-refractivity contribution in [3.63, 3.8) is 0 Å². The van der Waals surface area contributed by atoms with E-state index in [0.717, 1.165) is 23.5 Å². The maximum atomic E-state index is 14.9. The summed E-state index contributed by atoms with van der Waals surface area (Å²) in [5.74, 6) is 0.770. The van der Waals surface area contributed by atoms with Gasteiger partial charge in [0, 0.05) is 16.3 Å². The summed E-state index contributed by atoms with van der Waals surface area (Å²) in [5, 5.41) is 2.00. The monoisotopic (exact) mass is 384 g/mol. The molecule has 1 nitrogen and oxygen atoms in total. The van der Waals surface area contributed by atoms with Crippen molar-refractivity contribution in [1.29, 1.82) is 0 Å². The second-order valence-electron chi connectivity index (χ2n) is 8.16. The van der Waals surface area contributed by atoms with Crippen LogP contribution in [0.3, 0.4) is 0 Å². The first-order chi connectivity index (χ1) is 13.7. The molecule has 0 N–H and O–H groups in total. The summed E-state index contributed by atoms with van der Waals surface area (Å²) >= 11 is 0. The molecule has 2 bridgehead atoms. The summed E-state index contributed by atoms with van der Waals surface area (Å²) in [4.78, 5) is 0. The number of aryl methyl sites for hydroxylation is 1. The van der Waals surface area contributed by atoms with Crippen LogP contribution in [0.4, 0.5) is 0 Å². The highest BCUT2D eigenvalue weighted by Crippen LogP contribution is 2.64. The zero-order valence-electron chi connectivity index (χ0n) is 16.2. The Kier molecular flexibility index (Phi) is 4.37. The molecule has 2 aliphatic rings. The van der Waals surface area contributed by atoms with Gasteiger partial charge in [0.1, 0.15) is 7.14 Å². The second kappa shape index (κ2) is 6.90. The lowest BCUT2D eigenvalue weighted by molar-refractivity contribution is 0.562. The second-order valence-corrected chi connectivity index (χ2v) is 11.1. The van der Waals surface area contributed by atoms with E-state index in [-0.39, 0.29) is 5.66 Å². The normalized spacial score (nSPS) is 23.6. The summed E-state index contributed by atoms with van der Waals surface area (Å²) in [5.41, 5.74) is 4.17. The Labute approximate surface area is 167 Å². The molecular weight excluding hydrogens is 359 g/mol. The van der Waals surface area contributed by atoms with Gasteiger partial charge in [-0.1, -0.05) is 96.6 Å². The summed E-state index contributed by atoms with van der Waals surface area (Å²) in [6, 6.07) is 29.2. The summed E-state index contributed by atoms with van der Waals surface area (Å²) in [6.45, 7) is 2.13. The van der Waals surface area contributed by atoms with Crippen molar-refractivity contribution in [2.75, 3.05) is 0 Å². The number of rotatable bonds is 4. The van der Waals surface area contributed by atoms with Crippen molar-refractivity contribution in [3.05, 3.63) is 102 Å². The summed E-state index contributed by atoms with van der Waals surface area (Å²) in [6.07, 6.45) is 4.72. The number of hydrogen-bond donors (Lipinski definition) is 0. The SMILES string of the molecule is Cc1ccc(C2=CC3CCC2C3P(=O)(c2ccccc2)c2ccccc2)cc1. The largest absolute Gasteiger partial charge is 0.313 e. The molecule has 1 saturated carbocycles. The van der Waals surface area contributed by atoms with Crippen LogP contribution >= 0.6 is 7.14 Å². The first kappa shape index (κ1) is 17.7. The molecule has 0 aromatic heterocycles. The molecule has 2 heteroatoms. The lowest BCUT2D eigenvalue weighted by atomic mass is 9.92. The lowest BCUT2D eigenvalue weighted by Gasteiger charge is -2.30. The van der Waals surface area contributed by atoms with Crippen LogP contribution in [0.25, 0.3) is 5.57 Å². The van der Waals surface area contributed by atoms with Crippen LogP contribution in [0.1, 0.15) is 24.0 Å². The van der Waals surface area contributed by atoms with E-state index < -0.39 is 7.14 Å². The highest BCUT2D eigenvalue weighted by Gasteiger charge is 2.53. The summed E-state index contributed by atoms with van der Waals surface area (Å²) in [7, 11) is -2.74. The average Bonchev–Trinajstić information content (AvgIpc) is 3.34. The number of fused-ring (bicyclic) bond motifs is 2. The highest BCUT2D eigenvalue weighted by atomic mass is 31.2.